The molecule has 0 atom stereocenters. The standard InChI is InChI=1S/2C15H10ClN3.C12H10N2.2Pt/c2*16-11-9-14(12-5-1-3-7-17-12)19-15(10-11)13-6-2-4-8-18-13;1-10(11-2-6-13-7-3-11)12-4-8-14-9-5-12;;/h2*1-10H;2-9H,1H2;;. The van der Waals surface area contributed by atoms with Gasteiger partial charge in [-0.3, -0.25) is 29.9 Å². The third-order valence-electron chi connectivity index (χ3n) is 7.35. The summed E-state index contributed by atoms with van der Waals surface area (Å²) < 4.78 is 0. The van der Waals surface area contributed by atoms with Gasteiger partial charge in [0.2, 0.25) is 0 Å². The third kappa shape index (κ3) is 12.0. The van der Waals surface area contributed by atoms with Crippen LogP contribution in [0.2, 0.25) is 10.0 Å². The van der Waals surface area contributed by atoms with E-state index in [9.17, 15) is 0 Å². The number of halogens is 2. The molecule has 0 radical (unpaired) electrons. The topological polar surface area (TPSA) is 103 Å². The summed E-state index contributed by atoms with van der Waals surface area (Å²) in [7, 11) is 0. The summed E-state index contributed by atoms with van der Waals surface area (Å²) in [4.78, 5) is 34.2. The molecule has 0 saturated carbocycles. The molecule has 0 spiro atoms. The molecule has 54 heavy (non-hydrogen) atoms. The average molecular weight is 1110 g/mol. The molecular formula is C42H30Cl2N8Pt2. The summed E-state index contributed by atoms with van der Waals surface area (Å²) in [6.07, 6.45) is 14.0. The molecule has 0 aromatic carbocycles. The number of hydrogen-bond donors (Lipinski definition) is 0. The molecule has 12 heteroatoms. The fourth-order valence-corrected chi connectivity index (χ4v) is 5.26. The van der Waals surface area contributed by atoms with Crippen molar-refractivity contribution >= 4 is 28.8 Å². The van der Waals surface area contributed by atoms with Gasteiger partial charge in [0.25, 0.3) is 0 Å². The van der Waals surface area contributed by atoms with E-state index >= 15 is 0 Å². The Morgan fingerprint density at radius 3 is 0.889 bits per heavy atom. The molecule has 0 aliphatic heterocycles. The zero-order valence-electron chi connectivity index (χ0n) is 28.3. The Hall–Kier alpha value is -5.10. The third-order valence-corrected chi connectivity index (χ3v) is 7.78. The minimum Gasteiger partial charge on any atom is -0.265 e. The first kappa shape index (κ1) is 41.6. The van der Waals surface area contributed by atoms with Crippen molar-refractivity contribution in [2.24, 2.45) is 0 Å². The van der Waals surface area contributed by atoms with Crippen LogP contribution in [0.1, 0.15) is 11.1 Å². The molecule has 0 saturated heterocycles. The van der Waals surface area contributed by atoms with Crippen molar-refractivity contribution in [3.05, 3.63) is 199 Å². The van der Waals surface area contributed by atoms with Crippen LogP contribution in [0.15, 0.2) is 177 Å². The molecule has 8 aromatic rings. The maximum Gasteiger partial charge on any atom is 0.0909 e. The first-order valence-electron chi connectivity index (χ1n) is 16.0. The zero-order chi connectivity index (χ0) is 36.0. The molecule has 8 aromatic heterocycles. The largest absolute Gasteiger partial charge is 0.265 e. The van der Waals surface area contributed by atoms with Gasteiger partial charge in [-0.1, -0.05) is 54.0 Å². The molecule has 0 fully saturated rings. The quantitative estimate of drug-likeness (QED) is 0.162. The van der Waals surface area contributed by atoms with Crippen molar-refractivity contribution in [1.82, 2.24) is 39.9 Å². The molecule has 0 unspecified atom stereocenters. The molecule has 0 bridgehead atoms. The maximum absolute atomic E-state index is 6.15. The fourth-order valence-electron chi connectivity index (χ4n) is 4.85. The second-order valence-electron chi connectivity index (χ2n) is 10.9. The van der Waals surface area contributed by atoms with Crippen LogP contribution in [-0.4, -0.2) is 39.9 Å². The molecular weight excluding hydrogens is 1080 g/mol. The number of rotatable bonds is 6. The Morgan fingerprint density at radius 1 is 0.370 bits per heavy atom. The van der Waals surface area contributed by atoms with Crippen molar-refractivity contribution in [3.8, 4) is 45.6 Å². The molecule has 0 aliphatic carbocycles. The van der Waals surface area contributed by atoms with E-state index in [4.69, 9.17) is 23.2 Å². The summed E-state index contributed by atoms with van der Waals surface area (Å²) in [6, 6.07) is 37.8. The van der Waals surface area contributed by atoms with Gasteiger partial charge in [-0.25, -0.2) is 9.97 Å². The van der Waals surface area contributed by atoms with Gasteiger partial charge in [-0.2, -0.15) is 0 Å². The van der Waals surface area contributed by atoms with Gasteiger partial charge in [0, 0.05) is 102 Å². The van der Waals surface area contributed by atoms with Gasteiger partial charge < -0.3 is 0 Å². The van der Waals surface area contributed by atoms with Crippen LogP contribution in [0.5, 0.6) is 0 Å². The number of pyridine rings is 8. The minimum atomic E-state index is 0. The van der Waals surface area contributed by atoms with Gasteiger partial charge in [-0.15, -0.1) is 0 Å². The monoisotopic (exact) mass is 1110 g/mol. The molecule has 0 aliphatic rings. The number of hydrogen-bond acceptors (Lipinski definition) is 8. The summed E-state index contributed by atoms with van der Waals surface area (Å²) in [5.41, 5.74) is 9.32. The van der Waals surface area contributed by atoms with Crippen LogP contribution in [0.25, 0.3) is 51.1 Å². The van der Waals surface area contributed by atoms with Gasteiger partial charge in [-0.05, 0) is 114 Å². The van der Waals surface area contributed by atoms with E-state index in [-0.39, 0.29) is 42.1 Å². The van der Waals surface area contributed by atoms with Crippen LogP contribution in [-0.2, 0) is 42.1 Å². The van der Waals surface area contributed by atoms with Crippen molar-refractivity contribution < 1.29 is 42.1 Å². The van der Waals surface area contributed by atoms with Crippen molar-refractivity contribution in [2.75, 3.05) is 0 Å². The molecule has 0 amide bonds. The van der Waals surface area contributed by atoms with Crippen molar-refractivity contribution in [3.63, 3.8) is 0 Å². The van der Waals surface area contributed by atoms with E-state index in [1.807, 2.05) is 97.1 Å². The van der Waals surface area contributed by atoms with Crippen LogP contribution in [0, 0.1) is 0 Å². The van der Waals surface area contributed by atoms with Gasteiger partial charge in [0.15, 0.2) is 0 Å². The minimum absolute atomic E-state index is 0. The first-order valence-corrected chi connectivity index (χ1v) is 16.8. The van der Waals surface area contributed by atoms with Gasteiger partial charge in [0.1, 0.15) is 0 Å². The van der Waals surface area contributed by atoms with E-state index in [0.717, 1.165) is 62.3 Å². The zero-order valence-corrected chi connectivity index (χ0v) is 34.4. The molecule has 272 valence electrons. The van der Waals surface area contributed by atoms with E-state index < -0.39 is 0 Å². The summed E-state index contributed by atoms with van der Waals surface area (Å²) in [5, 5.41) is 1.24. The molecule has 8 heterocycles. The Bertz CT molecular complexity index is 2050. The second-order valence-corrected chi connectivity index (χ2v) is 11.8. The van der Waals surface area contributed by atoms with E-state index in [0.29, 0.717) is 10.0 Å². The van der Waals surface area contributed by atoms with Crippen LogP contribution < -0.4 is 0 Å². The number of aromatic nitrogens is 8. The van der Waals surface area contributed by atoms with Crippen molar-refractivity contribution in [2.45, 2.75) is 0 Å². The molecule has 8 nitrogen and oxygen atoms in total. The number of nitrogens with zero attached hydrogens (tertiary/aromatic N) is 8. The predicted molar refractivity (Wildman–Crippen MR) is 208 cm³/mol. The Kier molecular flexibility index (Phi) is 16.6. The smallest absolute Gasteiger partial charge is 0.0909 e. The summed E-state index contributed by atoms with van der Waals surface area (Å²) in [5.74, 6) is 0. The normalized spacial score (nSPS) is 9.81. The predicted octanol–water partition coefficient (Wildman–Crippen LogP) is 10.3. The maximum atomic E-state index is 6.15. The van der Waals surface area contributed by atoms with Crippen LogP contribution in [0.4, 0.5) is 0 Å². The Balaban J connectivity index is 0.000000180. The Morgan fingerprint density at radius 2 is 0.648 bits per heavy atom. The summed E-state index contributed by atoms with van der Waals surface area (Å²) in [6.45, 7) is 4.04. The summed E-state index contributed by atoms with van der Waals surface area (Å²) >= 11 is 12.3. The van der Waals surface area contributed by atoms with Crippen molar-refractivity contribution in [1.29, 1.82) is 0 Å². The van der Waals surface area contributed by atoms with Gasteiger partial charge in [0.05, 0.1) is 45.6 Å². The van der Waals surface area contributed by atoms with E-state index in [2.05, 4.69) is 46.5 Å². The van der Waals surface area contributed by atoms with Crippen LogP contribution in [0.3, 0.4) is 0 Å². The van der Waals surface area contributed by atoms with E-state index in [1.165, 1.54) is 0 Å². The Labute approximate surface area is 352 Å². The SMILES string of the molecule is C=C(c1ccncc1)c1ccncc1.Clc1cc(-c2ccccn2)nc(-c2ccccn2)c1.Clc1cc(-c2ccccn2)nc(-c2ccccn2)c1.[Pt].[Pt]. The average Bonchev–Trinajstić information content (AvgIpc) is 3.22. The molecule has 8 rings (SSSR count). The van der Waals surface area contributed by atoms with Gasteiger partial charge >= 0.3 is 0 Å². The molecule has 0 N–H and O–H groups in total. The van der Waals surface area contributed by atoms with E-state index in [1.54, 1.807) is 73.8 Å². The fraction of sp³-hybridized carbons (Fsp3) is 0. The second kappa shape index (κ2) is 21.6. The first-order chi connectivity index (χ1) is 25.5. The van der Waals surface area contributed by atoms with Crippen LogP contribution >= 0.6 is 23.2 Å².